The summed E-state index contributed by atoms with van der Waals surface area (Å²) in [6, 6.07) is 1.46. The van der Waals surface area contributed by atoms with E-state index in [0.717, 1.165) is 0 Å². The van der Waals surface area contributed by atoms with Crippen molar-refractivity contribution in [3.8, 4) is 0 Å². The molecule has 0 atom stereocenters. The van der Waals surface area contributed by atoms with Gasteiger partial charge in [-0.1, -0.05) is 0 Å². The fraction of sp³-hybridized carbons (Fsp3) is 0.286. The molecule has 0 aromatic carbocycles. The Balaban J connectivity index is 3.17. The van der Waals surface area contributed by atoms with Crippen LogP contribution in [0.15, 0.2) is 12.3 Å². The molecule has 0 aliphatic heterocycles. The Morgan fingerprint density at radius 3 is 2.83 bits per heavy atom. The molecule has 0 radical (unpaired) electrons. The van der Waals surface area contributed by atoms with Crippen LogP contribution < -0.4 is 5.32 Å². The van der Waals surface area contributed by atoms with Gasteiger partial charge >= 0.3 is 0 Å². The summed E-state index contributed by atoms with van der Waals surface area (Å²) in [7, 11) is 1.69. The van der Waals surface area contributed by atoms with Gasteiger partial charge in [-0.25, -0.2) is 0 Å². The number of aromatic nitrogens is 1. The third-order valence-corrected chi connectivity index (χ3v) is 1.55. The summed E-state index contributed by atoms with van der Waals surface area (Å²) in [5.74, 6) is 0. The Kier molecular flexibility index (Phi) is 2.23. The monoisotopic (exact) mass is 167 g/mol. The number of rotatable bonds is 2. The van der Waals surface area contributed by atoms with Crippen molar-refractivity contribution < 1.29 is 4.92 Å². The predicted octanol–water partition coefficient (Wildman–Crippen LogP) is 1.34. The summed E-state index contributed by atoms with van der Waals surface area (Å²) in [5.41, 5.74) is 1.12. The second-order valence-electron chi connectivity index (χ2n) is 2.34. The lowest BCUT2D eigenvalue weighted by Crippen LogP contribution is -1.96. The van der Waals surface area contributed by atoms with Crippen LogP contribution in [0.3, 0.4) is 0 Å². The van der Waals surface area contributed by atoms with E-state index in [1.165, 1.54) is 6.07 Å². The molecule has 64 valence electrons. The van der Waals surface area contributed by atoms with E-state index in [-0.39, 0.29) is 5.69 Å². The van der Waals surface area contributed by atoms with Crippen molar-refractivity contribution in [1.82, 2.24) is 4.98 Å². The highest BCUT2D eigenvalue weighted by molar-refractivity contribution is 5.50. The molecule has 1 aromatic heterocycles. The zero-order valence-electron chi connectivity index (χ0n) is 6.87. The number of pyridine rings is 1. The van der Waals surface area contributed by atoms with Crippen LogP contribution in [0.2, 0.25) is 0 Å². The SMILES string of the molecule is CNc1cnc(C)c([N+](=O)[O-])c1. The standard InChI is InChI=1S/C7H9N3O2/c1-5-7(10(11)12)3-6(8-2)4-9-5/h3-4,8H,1-2H3. The van der Waals surface area contributed by atoms with Crippen molar-refractivity contribution in [3.05, 3.63) is 28.1 Å². The van der Waals surface area contributed by atoms with Crippen LogP contribution in [0.1, 0.15) is 5.69 Å². The third-order valence-electron chi connectivity index (χ3n) is 1.55. The Morgan fingerprint density at radius 2 is 2.33 bits per heavy atom. The lowest BCUT2D eigenvalue weighted by molar-refractivity contribution is -0.385. The minimum absolute atomic E-state index is 0.0434. The molecule has 0 saturated heterocycles. The van der Waals surface area contributed by atoms with E-state index in [4.69, 9.17) is 0 Å². The van der Waals surface area contributed by atoms with E-state index in [9.17, 15) is 10.1 Å². The summed E-state index contributed by atoms with van der Waals surface area (Å²) in [6.07, 6.45) is 1.56. The van der Waals surface area contributed by atoms with Gasteiger partial charge in [-0.3, -0.25) is 15.1 Å². The summed E-state index contributed by atoms with van der Waals surface area (Å²) in [5, 5.41) is 13.2. The van der Waals surface area contributed by atoms with Crippen molar-refractivity contribution in [3.63, 3.8) is 0 Å². The minimum atomic E-state index is -0.441. The van der Waals surface area contributed by atoms with Gasteiger partial charge in [-0.2, -0.15) is 0 Å². The van der Waals surface area contributed by atoms with Crippen LogP contribution in [0, 0.1) is 17.0 Å². The number of anilines is 1. The topological polar surface area (TPSA) is 68.1 Å². The van der Waals surface area contributed by atoms with Crippen molar-refractivity contribution in [2.24, 2.45) is 0 Å². The summed E-state index contributed by atoms with van der Waals surface area (Å²) >= 11 is 0. The maximum Gasteiger partial charge on any atom is 0.292 e. The van der Waals surface area contributed by atoms with Crippen LogP contribution in [-0.4, -0.2) is 17.0 Å². The number of nitro groups is 1. The lowest BCUT2D eigenvalue weighted by Gasteiger charge is -1.99. The number of hydrogen-bond acceptors (Lipinski definition) is 4. The molecule has 0 aliphatic carbocycles. The first kappa shape index (κ1) is 8.45. The molecule has 0 unspecified atom stereocenters. The molecular weight excluding hydrogens is 158 g/mol. The van der Waals surface area contributed by atoms with Crippen LogP contribution in [0.5, 0.6) is 0 Å². The van der Waals surface area contributed by atoms with Crippen molar-refractivity contribution in [1.29, 1.82) is 0 Å². The fourth-order valence-electron chi connectivity index (χ4n) is 0.843. The normalized spacial score (nSPS) is 9.50. The zero-order chi connectivity index (χ0) is 9.14. The molecule has 0 fully saturated rings. The third kappa shape index (κ3) is 1.50. The Labute approximate surface area is 69.6 Å². The molecule has 1 heterocycles. The zero-order valence-corrected chi connectivity index (χ0v) is 6.87. The molecule has 0 aliphatic rings. The fourth-order valence-corrected chi connectivity index (χ4v) is 0.843. The second-order valence-corrected chi connectivity index (χ2v) is 2.34. The van der Waals surface area contributed by atoms with Crippen molar-refractivity contribution >= 4 is 11.4 Å². The molecule has 0 bridgehead atoms. The van der Waals surface area contributed by atoms with E-state index >= 15 is 0 Å². The average molecular weight is 167 g/mol. The molecular formula is C7H9N3O2. The van der Waals surface area contributed by atoms with E-state index in [1.807, 2.05) is 0 Å². The van der Waals surface area contributed by atoms with Gasteiger partial charge < -0.3 is 5.32 Å². The smallest absolute Gasteiger partial charge is 0.292 e. The highest BCUT2D eigenvalue weighted by atomic mass is 16.6. The Hall–Kier alpha value is -1.65. The highest BCUT2D eigenvalue weighted by Gasteiger charge is 2.11. The molecule has 0 saturated carbocycles. The second kappa shape index (κ2) is 3.17. The summed E-state index contributed by atoms with van der Waals surface area (Å²) in [6.45, 7) is 1.61. The van der Waals surface area contributed by atoms with Gasteiger partial charge in [0.1, 0.15) is 5.69 Å². The van der Waals surface area contributed by atoms with Gasteiger partial charge in [0.25, 0.3) is 5.69 Å². The quantitative estimate of drug-likeness (QED) is 0.533. The van der Waals surface area contributed by atoms with Crippen LogP contribution in [-0.2, 0) is 0 Å². The van der Waals surface area contributed by atoms with Gasteiger partial charge in [0.2, 0.25) is 0 Å². The van der Waals surface area contributed by atoms with E-state index in [0.29, 0.717) is 11.4 Å². The van der Waals surface area contributed by atoms with Gasteiger partial charge in [0, 0.05) is 13.1 Å². The van der Waals surface area contributed by atoms with Crippen LogP contribution in [0.25, 0.3) is 0 Å². The number of nitrogens with one attached hydrogen (secondary N) is 1. The van der Waals surface area contributed by atoms with Crippen molar-refractivity contribution in [2.45, 2.75) is 6.92 Å². The molecule has 1 rings (SSSR count). The largest absolute Gasteiger partial charge is 0.387 e. The maximum absolute atomic E-state index is 10.4. The van der Waals surface area contributed by atoms with Gasteiger partial charge in [-0.05, 0) is 6.92 Å². The summed E-state index contributed by atoms with van der Waals surface area (Å²) in [4.78, 5) is 13.9. The van der Waals surface area contributed by atoms with E-state index in [2.05, 4.69) is 10.3 Å². The predicted molar refractivity (Wildman–Crippen MR) is 45.2 cm³/mol. The van der Waals surface area contributed by atoms with Crippen LogP contribution >= 0.6 is 0 Å². The van der Waals surface area contributed by atoms with Gasteiger partial charge in [0.15, 0.2) is 0 Å². The van der Waals surface area contributed by atoms with Gasteiger partial charge in [0.05, 0.1) is 16.8 Å². The minimum Gasteiger partial charge on any atom is -0.387 e. The molecule has 0 amide bonds. The lowest BCUT2D eigenvalue weighted by atomic mass is 10.3. The number of nitrogens with zero attached hydrogens (tertiary/aromatic N) is 2. The first-order chi connectivity index (χ1) is 5.65. The Bertz CT molecular complexity index is 312. The molecule has 0 spiro atoms. The molecule has 1 N–H and O–H groups in total. The average Bonchev–Trinajstić information content (AvgIpc) is 2.05. The molecule has 12 heavy (non-hydrogen) atoms. The highest BCUT2D eigenvalue weighted by Crippen LogP contribution is 2.18. The first-order valence-corrected chi connectivity index (χ1v) is 3.44. The molecule has 1 aromatic rings. The first-order valence-electron chi connectivity index (χ1n) is 3.44. The van der Waals surface area contributed by atoms with Gasteiger partial charge in [-0.15, -0.1) is 0 Å². The Morgan fingerprint density at radius 1 is 1.67 bits per heavy atom. The van der Waals surface area contributed by atoms with Crippen molar-refractivity contribution in [2.75, 3.05) is 12.4 Å². The number of aryl methyl sites for hydroxylation is 1. The molecule has 5 heteroatoms. The van der Waals surface area contributed by atoms with Crippen LogP contribution in [0.4, 0.5) is 11.4 Å². The van der Waals surface area contributed by atoms with E-state index in [1.54, 1.807) is 20.2 Å². The maximum atomic E-state index is 10.4. The summed E-state index contributed by atoms with van der Waals surface area (Å²) < 4.78 is 0. The van der Waals surface area contributed by atoms with E-state index < -0.39 is 4.92 Å². The molecule has 5 nitrogen and oxygen atoms in total. The number of hydrogen-bond donors (Lipinski definition) is 1.